The molecule has 0 radical (unpaired) electrons. The van der Waals surface area contributed by atoms with Crippen molar-refractivity contribution in [2.75, 3.05) is 7.05 Å². The number of hydrogen-bond donors (Lipinski definition) is 0. The maximum absolute atomic E-state index is 6.27. The number of rotatable bonds is 0. The first-order valence-corrected chi connectivity index (χ1v) is 6.04. The normalized spacial score (nSPS) is 14.9. The first kappa shape index (κ1) is 10.8. The molecule has 0 atom stereocenters. The van der Waals surface area contributed by atoms with E-state index < -0.39 is 0 Å². The summed E-state index contributed by atoms with van der Waals surface area (Å²) in [6.07, 6.45) is 0. The Hall–Kier alpha value is -1.31. The highest BCUT2D eigenvalue weighted by atomic mass is 35.5. The van der Waals surface area contributed by atoms with Gasteiger partial charge in [0.25, 0.3) is 0 Å². The molecule has 0 saturated carbocycles. The lowest BCUT2D eigenvalue weighted by molar-refractivity contribution is 1.43. The zero-order valence-electron chi connectivity index (χ0n) is 9.17. The minimum Gasteiger partial charge on any atom is -0.287 e. The van der Waals surface area contributed by atoms with Gasteiger partial charge in [0.15, 0.2) is 0 Å². The number of fused-ring (bicyclic) bond motifs is 3. The van der Waals surface area contributed by atoms with E-state index in [1.54, 1.807) is 13.1 Å². The molecule has 0 spiro atoms. The SMILES string of the molecule is CN=C1c2ccccc2-c2cc(Cl)cc(Cl)c21. The summed E-state index contributed by atoms with van der Waals surface area (Å²) in [6, 6.07) is 11.8. The summed E-state index contributed by atoms with van der Waals surface area (Å²) < 4.78 is 0. The molecule has 17 heavy (non-hydrogen) atoms. The van der Waals surface area contributed by atoms with Gasteiger partial charge in [-0.25, -0.2) is 0 Å². The molecule has 1 aliphatic carbocycles. The van der Waals surface area contributed by atoms with Crippen LogP contribution < -0.4 is 0 Å². The van der Waals surface area contributed by atoms with E-state index in [1.807, 2.05) is 18.2 Å². The number of hydrogen-bond acceptors (Lipinski definition) is 1. The molecular formula is C14H9Cl2N. The van der Waals surface area contributed by atoms with Crippen LogP contribution in [-0.4, -0.2) is 12.8 Å². The van der Waals surface area contributed by atoms with Crippen LogP contribution >= 0.6 is 23.2 Å². The van der Waals surface area contributed by atoms with Crippen molar-refractivity contribution in [1.29, 1.82) is 0 Å². The molecule has 2 aromatic carbocycles. The molecular weight excluding hydrogens is 253 g/mol. The van der Waals surface area contributed by atoms with E-state index in [-0.39, 0.29) is 0 Å². The molecule has 0 saturated heterocycles. The van der Waals surface area contributed by atoms with Gasteiger partial charge in [-0.05, 0) is 23.3 Å². The molecule has 0 heterocycles. The summed E-state index contributed by atoms with van der Waals surface area (Å²) in [5.41, 5.74) is 5.26. The van der Waals surface area contributed by atoms with Gasteiger partial charge >= 0.3 is 0 Å². The molecule has 0 aliphatic heterocycles. The zero-order valence-corrected chi connectivity index (χ0v) is 10.7. The van der Waals surface area contributed by atoms with Gasteiger partial charge in [-0.2, -0.15) is 0 Å². The summed E-state index contributed by atoms with van der Waals surface area (Å²) in [4.78, 5) is 4.35. The fourth-order valence-corrected chi connectivity index (χ4v) is 2.90. The summed E-state index contributed by atoms with van der Waals surface area (Å²) >= 11 is 12.3. The molecule has 0 fully saturated rings. The second kappa shape index (κ2) is 3.86. The van der Waals surface area contributed by atoms with Crippen LogP contribution in [0.5, 0.6) is 0 Å². The molecule has 2 aromatic rings. The highest BCUT2D eigenvalue weighted by molar-refractivity contribution is 6.41. The highest BCUT2D eigenvalue weighted by Gasteiger charge is 2.26. The Bertz CT molecular complexity index is 645. The van der Waals surface area contributed by atoms with Crippen molar-refractivity contribution in [2.45, 2.75) is 0 Å². The van der Waals surface area contributed by atoms with Crippen LogP contribution in [0.3, 0.4) is 0 Å². The third-order valence-corrected chi connectivity index (χ3v) is 3.50. The summed E-state index contributed by atoms with van der Waals surface area (Å²) in [5, 5.41) is 1.31. The Morgan fingerprint density at radius 3 is 2.35 bits per heavy atom. The standard InChI is InChI=1S/C14H9Cl2N/c1-17-14-10-5-3-2-4-9(10)11-6-8(15)7-12(16)13(11)14/h2-7H,1H3. The van der Waals surface area contributed by atoms with Crippen LogP contribution in [0.25, 0.3) is 11.1 Å². The second-order valence-electron chi connectivity index (χ2n) is 3.93. The van der Waals surface area contributed by atoms with E-state index in [9.17, 15) is 0 Å². The van der Waals surface area contributed by atoms with Gasteiger partial charge in [-0.3, -0.25) is 4.99 Å². The van der Waals surface area contributed by atoms with Gasteiger partial charge in [-0.1, -0.05) is 47.5 Å². The van der Waals surface area contributed by atoms with Crippen LogP contribution in [0.4, 0.5) is 0 Å². The predicted molar refractivity (Wildman–Crippen MR) is 73.5 cm³/mol. The Morgan fingerprint density at radius 1 is 0.941 bits per heavy atom. The number of halogens is 2. The van der Waals surface area contributed by atoms with Crippen molar-refractivity contribution >= 4 is 28.9 Å². The Kier molecular flexibility index (Phi) is 2.46. The molecule has 0 aromatic heterocycles. The number of aliphatic imine (C=N–C) groups is 1. The number of nitrogens with zero attached hydrogens (tertiary/aromatic N) is 1. The van der Waals surface area contributed by atoms with Gasteiger partial charge in [0.1, 0.15) is 0 Å². The molecule has 1 nitrogen and oxygen atoms in total. The van der Waals surface area contributed by atoms with Crippen LogP contribution in [0.15, 0.2) is 41.4 Å². The molecule has 0 N–H and O–H groups in total. The molecule has 84 valence electrons. The topological polar surface area (TPSA) is 12.4 Å². The third-order valence-electron chi connectivity index (χ3n) is 2.99. The van der Waals surface area contributed by atoms with Gasteiger partial charge in [0.05, 0.1) is 10.7 Å². The summed E-state index contributed by atoms with van der Waals surface area (Å²) in [6.45, 7) is 0. The van der Waals surface area contributed by atoms with Gasteiger partial charge in [-0.15, -0.1) is 0 Å². The maximum Gasteiger partial charge on any atom is 0.0742 e. The summed E-state index contributed by atoms with van der Waals surface area (Å²) in [5.74, 6) is 0. The van der Waals surface area contributed by atoms with Gasteiger partial charge in [0, 0.05) is 23.2 Å². The minimum atomic E-state index is 0.654. The smallest absolute Gasteiger partial charge is 0.0742 e. The van der Waals surface area contributed by atoms with Crippen LogP contribution in [0.2, 0.25) is 10.0 Å². The molecule has 0 unspecified atom stereocenters. The van der Waals surface area contributed by atoms with Crippen molar-refractivity contribution in [2.24, 2.45) is 4.99 Å². The Labute approximate surface area is 110 Å². The molecule has 1 aliphatic rings. The fraction of sp³-hybridized carbons (Fsp3) is 0.0714. The van der Waals surface area contributed by atoms with E-state index in [2.05, 4.69) is 17.1 Å². The third kappa shape index (κ3) is 1.50. The Morgan fingerprint density at radius 2 is 1.65 bits per heavy atom. The van der Waals surface area contributed by atoms with E-state index in [0.29, 0.717) is 10.0 Å². The lowest BCUT2D eigenvalue weighted by Gasteiger charge is -2.04. The van der Waals surface area contributed by atoms with Crippen molar-refractivity contribution in [3.8, 4) is 11.1 Å². The highest BCUT2D eigenvalue weighted by Crippen LogP contribution is 2.41. The van der Waals surface area contributed by atoms with E-state index in [4.69, 9.17) is 23.2 Å². The molecule has 3 rings (SSSR count). The van der Waals surface area contributed by atoms with Gasteiger partial charge in [0.2, 0.25) is 0 Å². The van der Waals surface area contributed by atoms with E-state index in [0.717, 1.165) is 28.0 Å². The van der Waals surface area contributed by atoms with Crippen LogP contribution in [-0.2, 0) is 0 Å². The van der Waals surface area contributed by atoms with E-state index in [1.165, 1.54) is 0 Å². The van der Waals surface area contributed by atoms with Crippen LogP contribution in [0.1, 0.15) is 11.1 Å². The first-order chi connectivity index (χ1) is 8.22. The van der Waals surface area contributed by atoms with Crippen molar-refractivity contribution in [3.05, 3.63) is 57.6 Å². The lowest BCUT2D eigenvalue weighted by Crippen LogP contribution is -1.98. The average molecular weight is 262 g/mol. The van der Waals surface area contributed by atoms with Crippen LogP contribution in [0, 0.1) is 0 Å². The monoisotopic (exact) mass is 261 g/mol. The largest absolute Gasteiger partial charge is 0.287 e. The lowest BCUT2D eigenvalue weighted by atomic mass is 10.1. The molecule has 0 amide bonds. The van der Waals surface area contributed by atoms with E-state index >= 15 is 0 Å². The first-order valence-electron chi connectivity index (χ1n) is 5.28. The molecule has 0 bridgehead atoms. The Balaban J connectivity index is 2.44. The predicted octanol–water partition coefficient (Wildman–Crippen LogP) is 4.44. The fourth-order valence-electron chi connectivity index (χ4n) is 2.32. The quantitative estimate of drug-likeness (QED) is 0.568. The van der Waals surface area contributed by atoms with Crippen molar-refractivity contribution in [3.63, 3.8) is 0 Å². The number of benzene rings is 2. The van der Waals surface area contributed by atoms with Gasteiger partial charge < -0.3 is 0 Å². The van der Waals surface area contributed by atoms with Crippen molar-refractivity contribution in [1.82, 2.24) is 0 Å². The maximum atomic E-state index is 6.27. The zero-order chi connectivity index (χ0) is 12.0. The minimum absolute atomic E-state index is 0.654. The summed E-state index contributed by atoms with van der Waals surface area (Å²) in [7, 11) is 1.78. The second-order valence-corrected chi connectivity index (χ2v) is 4.77. The van der Waals surface area contributed by atoms with Crippen molar-refractivity contribution < 1.29 is 0 Å². The average Bonchev–Trinajstić information content (AvgIpc) is 2.63. The molecule has 3 heteroatoms.